The molecular formula is C22H31N5O2S. The molecule has 3 heterocycles. The molecule has 1 amide bonds. The molecule has 2 aliphatic heterocycles. The Balaban J connectivity index is 1.33. The van der Waals surface area contributed by atoms with Crippen LogP contribution in [0.1, 0.15) is 38.5 Å². The Hall–Kier alpha value is -2.19. The van der Waals surface area contributed by atoms with E-state index in [4.69, 9.17) is 17.0 Å². The summed E-state index contributed by atoms with van der Waals surface area (Å²) in [5.74, 6) is 1.36. The van der Waals surface area contributed by atoms with Gasteiger partial charge in [-0.1, -0.05) is 12.8 Å². The van der Waals surface area contributed by atoms with Crippen LogP contribution in [0.25, 0.3) is 5.69 Å². The van der Waals surface area contributed by atoms with Gasteiger partial charge in [0.25, 0.3) is 0 Å². The zero-order chi connectivity index (χ0) is 20.9. The second-order valence-corrected chi connectivity index (χ2v) is 8.62. The standard InChI is InChI=1S/C22H31N5O2S/c1-29-20-8-6-19(7-9-20)26-16-23-27(22(26)30)17-24-14-10-18(11-15-24)21(28)25-12-4-2-3-5-13-25/h6-9,16,18H,2-5,10-15,17H2,1H3. The van der Waals surface area contributed by atoms with Crippen molar-refractivity contribution in [1.82, 2.24) is 24.1 Å². The molecule has 8 heteroatoms. The van der Waals surface area contributed by atoms with Crippen LogP contribution in [0, 0.1) is 10.7 Å². The predicted molar refractivity (Wildman–Crippen MR) is 118 cm³/mol. The van der Waals surface area contributed by atoms with Crippen molar-refractivity contribution < 1.29 is 9.53 Å². The van der Waals surface area contributed by atoms with Crippen LogP contribution in [0.3, 0.4) is 0 Å². The van der Waals surface area contributed by atoms with Crippen LogP contribution in [0.5, 0.6) is 5.75 Å². The van der Waals surface area contributed by atoms with Crippen molar-refractivity contribution in [3.63, 3.8) is 0 Å². The van der Waals surface area contributed by atoms with Gasteiger partial charge in [0.1, 0.15) is 12.1 Å². The highest BCUT2D eigenvalue weighted by Crippen LogP contribution is 2.22. The van der Waals surface area contributed by atoms with E-state index in [9.17, 15) is 4.79 Å². The number of amides is 1. The van der Waals surface area contributed by atoms with Gasteiger partial charge in [-0.25, -0.2) is 4.68 Å². The number of piperidine rings is 1. The smallest absolute Gasteiger partial charge is 0.225 e. The molecule has 0 bridgehead atoms. The monoisotopic (exact) mass is 429 g/mol. The Bertz CT molecular complexity index is 891. The van der Waals surface area contributed by atoms with Crippen LogP contribution in [0.4, 0.5) is 0 Å². The highest BCUT2D eigenvalue weighted by Gasteiger charge is 2.29. The van der Waals surface area contributed by atoms with Crippen LogP contribution in [0.15, 0.2) is 30.6 Å². The first-order valence-corrected chi connectivity index (χ1v) is 11.4. The first-order valence-electron chi connectivity index (χ1n) is 11.0. The van der Waals surface area contributed by atoms with E-state index < -0.39 is 0 Å². The van der Waals surface area contributed by atoms with Gasteiger partial charge < -0.3 is 9.64 Å². The maximum absolute atomic E-state index is 12.9. The van der Waals surface area contributed by atoms with Crippen molar-refractivity contribution in [3.05, 3.63) is 35.4 Å². The molecule has 30 heavy (non-hydrogen) atoms. The summed E-state index contributed by atoms with van der Waals surface area (Å²) in [4.78, 5) is 17.3. The molecule has 2 fully saturated rings. The minimum absolute atomic E-state index is 0.171. The third-order valence-electron chi connectivity index (χ3n) is 6.27. The van der Waals surface area contributed by atoms with Gasteiger partial charge in [0.15, 0.2) is 0 Å². The third-order valence-corrected chi connectivity index (χ3v) is 6.68. The van der Waals surface area contributed by atoms with E-state index in [0.717, 1.165) is 63.3 Å². The molecular weight excluding hydrogens is 398 g/mol. The Morgan fingerprint density at radius 3 is 2.37 bits per heavy atom. The maximum Gasteiger partial charge on any atom is 0.225 e. The van der Waals surface area contributed by atoms with Crippen molar-refractivity contribution in [2.24, 2.45) is 5.92 Å². The molecule has 7 nitrogen and oxygen atoms in total. The SMILES string of the molecule is COc1ccc(-n2cnn(CN3CCC(C(=O)N4CCCCCC4)CC3)c2=S)cc1. The number of hydrogen-bond acceptors (Lipinski definition) is 5. The number of rotatable bonds is 5. The van der Waals surface area contributed by atoms with Crippen LogP contribution in [0.2, 0.25) is 0 Å². The lowest BCUT2D eigenvalue weighted by Crippen LogP contribution is -2.43. The molecule has 2 aromatic rings. The number of nitrogens with zero attached hydrogens (tertiary/aromatic N) is 5. The average molecular weight is 430 g/mol. The highest BCUT2D eigenvalue weighted by molar-refractivity contribution is 7.71. The summed E-state index contributed by atoms with van der Waals surface area (Å²) in [5, 5.41) is 4.49. The average Bonchev–Trinajstić information content (AvgIpc) is 2.98. The number of hydrogen-bond donors (Lipinski definition) is 0. The first-order chi connectivity index (χ1) is 14.7. The van der Waals surface area contributed by atoms with Gasteiger partial charge in [0, 0.05) is 37.8 Å². The normalized spacial score (nSPS) is 18.9. The van der Waals surface area contributed by atoms with Crippen molar-refractivity contribution in [2.45, 2.75) is 45.2 Å². The summed E-state index contributed by atoms with van der Waals surface area (Å²) in [6.45, 7) is 4.35. The number of methoxy groups -OCH3 is 1. The van der Waals surface area contributed by atoms with Gasteiger partial charge in [-0.05, 0) is 62.2 Å². The Kier molecular flexibility index (Phi) is 6.84. The third kappa shape index (κ3) is 4.75. The molecule has 1 aromatic carbocycles. The van der Waals surface area contributed by atoms with Crippen LogP contribution in [-0.2, 0) is 11.5 Å². The van der Waals surface area contributed by atoms with Crippen LogP contribution >= 0.6 is 12.2 Å². The van der Waals surface area contributed by atoms with Gasteiger partial charge >= 0.3 is 0 Å². The van der Waals surface area contributed by atoms with E-state index in [1.807, 2.05) is 33.5 Å². The molecule has 0 unspecified atom stereocenters. The second kappa shape index (κ2) is 9.75. The number of aromatic nitrogens is 3. The van der Waals surface area contributed by atoms with E-state index in [2.05, 4.69) is 14.9 Å². The first kappa shape index (κ1) is 21.1. The van der Waals surface area contributed by atoms with Gasteiger partial charge in [-0.2, -0.15) is 5.10 Å². The molecule has 2 aliphatic rings. The zero-order valence-corrected chi connectivity index (χ0v) is 18.5. The minimum Gasteiger partial charge on any atom is -0.497 e. The van der Waals surface area contributed by atoms with Crippen LogP contribution < -0.4 is 4.74 Å². The fraction of sp³-hybridized carbons (Fsp3) is 0.591. The molecule has 0 N–H and O–H groups in total. The van der Waals surface area contributed by atoms with E-state index >= 15 is 0 Å². The van der Waals surface area contributed by atoms with Crippen molar-refractivity contribution >= 4 is 18.1 Å². The Morgan fingerprint density at radius 1 is 1.07 bits per heavy atom. The number of ether oxygens (including phenoxy) is 1. The summed E-state index contributed by atoms with van der Waals surface area (Å²) in [7, 11) is 1.66. The van der Waals surface area contributed by atoms with E-state index in [0.29, 0.717) is 17.3 Å². The summed E-state index contributed by atoms with van der Waals surface area (Å²) >= 11 is 5.64. The Morgan fingerprint density at radius 2 is 1.73 bits per heavy atom. The number of likely N-dealkylation sites (tertiary alicyclic amines) is 2. The van der Waals surface area contributed by atoms with Crippen molar-refractivity contribution in [1.29, 1.82) is 0 Å². The van der Waals surface area contributed by atoms with E-state index in [1.54, 1.807) is 13.4 Å². The molecule has 1 aromatic heterocycles. The molecule has 0 saturated carbocycles. The number of carbonyl (C=O) groups is 1. The number of benzene rings is 1. The molecule has 4 rings (SSSR count). The molecule has 162 valence electrons. The quantitative estimate of drug-likeness (QED) is 0.681. The fourth-order valence-electron chi connectivity index (χ4n) is 4.41. The fourth-order valence-corrected chi connectivity index (χ4v) is 4.67. The van der Waals surface area contributed by atoms with Gasteiger partial charge in [-0.3, -0.25) is 14.3 Å². The van der Waals surface area contributed by atoms with Crippen molar-refractivity contribution in [3.8, 4) is 11.4 Å². The summed E-state index contributed by atoms with van der Waals surface area (Å²) in [6, 6.07) is 7.78. The lowest BCUT2D eigenvalue weighted by atomic mass is 9.95. The van der Waals surface area contributed by atoms with Gasteiger partial charge in [-0.15, -0.1) is 0 Å². The second-order valence-electron chi connectivity index (χ2n) is 8.25. The lowest BCUT2D eigenvalue weighted by molar-refractivity contribution is -0.137. The molecule has 2 saturated heterocycles. The molecule has 0 atom stereocenters. The molecule has 0 radical (unpaired) electrons. The lowest BCUT2D eigenvalue weighted by Gasteiger charge is -2.33. The molecule has 0 spiro atoms. The summed E-state index contributed by atoms with van der Waals surface area (Å²) < 4.78 is 9.66. The molecule has 0 aliphatic carbocycles. The van der Waals surface area contributed by atoms with Crippen LogP contribution in [-0.4, -0.2) is 63.3 Å². The van der Waals surface area contributed by atoms with Gasteiger partial charge in [0.2, 0.25) is 10.7 Å². The topological polar surface area (TPSA) is 55.5 Å². The van der Waals surface area contributed by atoms with E-state index in [-0.39, 0.29) is 5.92 Å². The Labute approximate surface area is 183 Å². The summed E-state index contributed by atoms with van der Waals surface area (Å²) in [6.07, 6.45) is 8.42. The predicted octanol–water partition coefficient (Wildman–Crippen LogP) is 3.48. The minimum atomic E-state index is 0.171. The zero-order valence-electron chi connectivity index (χ0n) is 17.7. The number of carbonyl (C=O) groups excluding carboxylic acids is 1. The van der Waals surface area contributed by atoms with Gasteiger partial charge in [0.05, 0.1) is 13.8 Å². The summed E-state index contributed by atoms with van der Waals surface area (Å²) in [5.41, 5.74) is 0.966. The maximum atomic E-state index is 12.9. The highest BCUT2D eigenvalue weighted by atomic mass is 32.1. The van der Waals surface area contributed by atoms with Crippen molar-refractivity contribution in [2.75, 3.05) is 33.3 Å². The largest absolute Gasteiger partial charge is 0.497 e. The van der Waals surface area contributed by atoms with E-state index in [1.165, 1.54) is 12.8 Å².